The molecule has 0 unspecified atom stereocenters. The minimum atomic E-state index is 0.766. The Morgan fingerprint density at radius 2 is 2.27 bits per heavy atom. The van der Waals surface area contributed by atoms with Crippen LogP contribution >= 0.6 is 34.2 Å². The zero-order valence-electron chi connectivity index (χ0n) is 5.44. The van der Waals surface area contributed by atoms with E-state index >= 15 is 0 Å². The first-order valence-electron chi connectivity index (χ1n) is 3.06. The number of aromatic amines is 1. The molecule has 0 bridgehead atoms. The maximum absolute atomic E-state index is 5.89. The SMILES string of the molecule is Clc1ccc2cn[nH]c2c1I. The van der Waals surface area contributed by atoms with E-state index in [9.17, 15) is 0 Å². The van der Waals surface area contributed by atoms with E-state index in [0.717, 1.165) is 19.5 Å². The normalized spacial score (nSPS) is 10.7. The summed E-state index contributed by atoms with van der Waals surface area (Å²) >= 11 is 8.09. The molecule has 56 valence electrons. The van der Waals surface area contributed by atoms with Gasteiger partial charge in [-0.1, -0.05) is 11.6 Å². The van der Waals surface area contributed by atoms with Crippen LogP contribution in [0.15, 0.2) is 18.3 Å². The van der Waals surface area contributed by atoms with Crippen LogP contribution < -0.4 is 0 Å². The number of hydrogen-bond acceptors (Lipinski definition) is 1. The monoisotopic (exact) mass is 278 g/mol. The van der Waals surface area contributed by atoms with Crippen molar-refractivity contribution in [1.29, 1.82) is 0 Å². The van der Waals surface area contributed by atoms with Crippen molar-refractivity contribution >= 4 is 45.1 Å². The quantitative estimate of drug-likeness (QED) is 0.738. The Hall–Kier alpha value is -0.290. The second-order valence-electron chi connectivity index (χ2n) is 2.20. The van der Waals surface area contributed by atoms with E-state index in [-0.39, 0.29) is 0 Å². The van der Waals surface area contributed by atoms with Crippen molar-refractivity contribution in [1.82, 2.24) is 10.2 Å². The molecule has 4 heteroatoms. The van der Waals surface area contributed by atoms with Crippen LogP contribution in [0.25, 0.3) is 10.9 Å². The fourth-order valence-electron chi connectivity index (χ4n) is 0.953. The molecular formula is C7H4ClIN2. The molecule has 1 aromatic heterocycles. The number of nitrogens with zero attached hydrogens (tertiary/aromatic N) is 1. The molecule has 0 aliphatic heterocycles. The summed E-state index contributed by atoms with van der Waals surface area (Å²) in [5.74, 6) is 0. The molecule has 0 saturated carbocycles. The summed E-state index contributed by atoms with van der Waals surface area (Å²) in [6, 6.07) is 3.82. The van der Waals surface area contributed by atoms with Crippen molar-refractivity contribution in [2.24, 2.45) is 0 Å². The Kier molecular flexibility index (Phi) is 1.77. The fraction of sp³-hybridized carbons (Fsp3) is 0. The summed E-state index contributed by atoms with van der Waals surface area (Å²) in [7, 11) is 0. The van der Waals surface area contributed by atoms with Crippen LogP contribution in [0.4, 0.5) is 0 Å². The van der Waals surface area contributed by atoms with E-state index in [1.54, 1.807) is 6.20 Å². The van der Waals surface area contributed by atoms with E-state index in [1.165, 1.54) is 0 Å². The average molecular weight is 278 g/mol. The summed E-state index contributed by atoms with van der Waals surface area (Å²) in [4.78, 5) is 0. The van der Waals surface area contributed by atoms with Crippen LogP contribution in [0.2, 0.25) is 5.02 Å². The molecule has 0 spiro atoms. The highest BCUT2D eigenvalue weighted by atomic mass is 127. The third-order valence-electron chi connectivity index (χ3n) is 1.51. The largest absolute Gasteiger partial charge is 0.277 e. The average Bonchev–Trinajstić information content (AvgIpc) is 2.45. The minimum Gasteiger partial charge on any atom is -0.277 e. The van der Waals surface area contributed by atoms with Gasteiger partial charge in [-0.15, -0.1) is 0 Å². The lowest BCUT2D eigenvalue weighted by molar-refractivity contribution is 1.12. The fourth-order valence-corrected chi connectivity index (χ4v) is 1.72. The van der Waals surface area contributed by atoms with Crippen molar-refractivity contribution in [2.45, 2.75) is 0 Å². The number of benzene rings is 1. The lowest BCUT2D eigenvalue weighted by atomic mass is 10.3. The van der Waals surface area contributed by atoms with Gasteiger partial charge >= 0.3 is 0 Å². The number of rotatable bonds is 0. The highest BCUT2D eigenvalue weighted by Gasteiger charge is 2.03. The van der Waals surface area contributed by atoms with Crippen LogP contribution in [0.1, 0.15) is 0 Å². The van der Waals surface area contributed by atoms with Gasteiger partial charge in [-0.25, -0.2) is 0 Å². The van der Waals surface area contributed by atoms with Gasteiger partial charge in [0.15, 0.2) is 0 Å². The summed E-state index contributed by atoms with van der Waals surface area (Å²) in [5.41, 5.74) is 1.01. The number of halogens is 2. The molecule has 0 radical (unpaired) electrons. The molecule has 2 nitrogen and oxygen atoms in total. The Bertz CT molecular complexity index is 396. The Morgan fingerprint density at radius 1 is 1.45 bits per heavy atom. The van der Waals surface area contributed by atoms with Gasteiger partial charge in [0.1, 0.15) is 0 Å². The lowest BCUT2D eigenvalue weighted by Gasteiger charge is -1.94. The van der Waals surface area contributed by atoms with Gasteiger partial charge in [0.05, 0.1) is 20.3 Å². The zero-order valence-corrected chi connectivity index (χ0v) is 8.35. The summed E-state index contributed by atoms with van der Waals surface area (Å²) in [5, 5.41) is 8.66. The van der Waals surface area contributed by atoms with Crippen molar-refractivity contribution < 1.29 is 0 Å². The first-order valence-corrected chi connectivity index (χ1v) is 4.52. The van der Waals surface area contributed by atoms with Gasteiger partial charge in [-0.2, -0.15) is 5.10 Å². The van der Waals surface area contributed by atoms with Gasteiger partial charge in [0, 0.05) is 5.39 Å². The highest BCUT2D eigenvalue weighted by molar-refractivity contribution is 14.1. The molecule has 2 rings (SSSR count). The van der Waals surface area contributed by atoms with Crippen LogP contribution in [-0.4, -0.2) is 10.2 Å². The first kappa shape index (κ1) is 7.36. The molecule has 1 heterocycles. The van der Waals surface area contributed by atoms with Gasteiger partial charge < -0.3 is 0 Å². The van der Waals surface area contributed by atoms with Crippen LogP contribution in [0.3, 0.4) is 0 Å². The predicted octanol–water partition coefficient (Wildman–Crippen LogP) is 2.82. The second kappa shape index (κ2) is 2.64. The molecule has 11 heavy (non-hydrogen) atoms. The number of aromatic nitrogens is 2. The highest BCUT2D eigenvalue weighted by Crippen LogP contribution is 2.25. The number of hydrogen-bond donors (Lipinski definition) is 1. The zero-order chi connectivity index (χ0) is 7.84. The molecule has 0 aliphatic rings. The molecule has 0 fully saturated rings. The topological polar surface area (TPSA) is 28.7 Å². The van der Waals surface area contributed by atoms with Gasteiger partial charge in [-0.05, 0) is 34.7 Å². The number of fused-ring (bicyclic) bond motifs is 1. The molecule has 1 aromatic carbocycles. The van der Waals surface area contributed by atoms with E-state index in [1.807, 2.05) is 12.1 Å². The number of H-pyrrole nitrogens is 1. The Labute approximate surface area is 82.1 Å². The molecule has 1 N–H and O–H groups in total. The van der Waals surface area contributed by atoms with Gasteiger partial charge in [-0.3, -0.25) is 5.10 Å². The molecule has 2 aromatic rings. The molecule has 0 aliphatic carbocycles. The van der Waals surface area contributed by atoms with Crippen molar-refractivity contribution in [3.05, 3.63) is 26.9 Å². The number of nitrogens with one attached hydrogen (secondary N) is 1. The molecular weight excluding hydrogens is 274 g/mol. The third-order valence-corrected chi connectivity index (χ3v) is 3.26. The maximum atomic E-state index is 5.89. The van der Waals surface area contributed by atoms with Gasteiger partial charge in [0.2, 0.25) is 0 Å². The van der Waals surface area contributed by atoms with E-state index in [2.05, 4.69) is 32.8 Å². The third kappa shape index (κ3) is 1.12. The summed E-state index contributed by atoms with van der Waals surface area (Å²) < 4.78 is 1.03. The van der Waals surface area contributed by atoms with E-state index in [4.69, 9.17) is 11.6 Å². The van der Waals surface area contributed by atoms with Crippen molar-refractivity contribution in [3.8, 4) is 0 Å². The van der Waals surface area contributed by atoms with E-state index in [0.29, 0.717) is 0 Å². The van der Waals surface area contributed by atoms with Crippen LogP contribution in [-0.2, 0) is 0 Å². The lowest BCUT2D eigenvalue weighted by Crippen LogP contribution is -1.76. The molecule has 0 atom stereocenters. The first-order chi connectivity index (χ1) is 5.29. The smallest absolute Gasteiger partial charge is 0.0798 e. The molecule has 0 saturated heterocycles. The maximum Gasteiger partial charge on any atom is 0.0798 e. The predicted molar refractivity (Wildman–Crippen MR) is 53.8 cm³/mol. The Morgan fingerprint density at radius 3 is 3.09 bits per heavy atom. The summed E-state index contributed by atoms with van der Waals surface area (Å²) in [6.07, 6.45) is 1.79. The van der Waals surface area contributed by atoms with Crippen molar-refractivity contribution in [3.63, 3.8) is 0 Å². The summed E-state index contributed by atoms with van der Waals surface area (Å²) in [6.45, 7) is 0. The van der Waals surface area contributed by atoms with Crippen molar-refractivity contribution in [2.75, 3.05) is 0 Å². The van der Waals surface area contributed by atoms with Gasteiger partial charge in [0.25, 0.3) is 0 Å². The Balaban J connectivity index is 2.93. The standard InChI is InChI=1S/C7H4ClIN2/c8-5-2-1-4-3-10-11-7(4)6(5)9/h1-3H,(H,10,11). The van der Waals surface area contributed by atoms with Crippen LogP contribution in [0.5, 0.6) is 0 Å². The minimum absolute atomic E-state index is 0.766. The van der Waals surface area contributed by atoms with E-state index < -0.39 is 0 Å². The second-order valence-corrected chi connectivity index (χ2v) is 3.68. The van der Waals surface area contributed by atoms with Crippen LogP contribution in [0, 0.1) is 3.57 Å². The molecule has 0 amide bonds.